The van der Waals surface area contributed by atoms with E-state index in [1.54, 1.807) is 0 Å². The van der Waals surface area contributed by atoms with E-state index in [0.717, 1.165) is 50.4 Å². The summed E-state index contributed by atoms with van der Waals surface area (Å²) in [4.78, 5) is 0. The molecule has 1 unspecified atom stereocenters. The highest BCUT2D eigenvalue weighted by Crippen LogP contribution is 2.21. The quantitative estimate of drug-likeness (QED) is 0.289. The Morgan fingerprint density at radius 2 is 1.82 bits per heavy atom. The highest BCUT2D eigenvalue weighted by Gasteiger charge is 1.95. The van der Waals surface area contributed by atoms with Crippen LogP contribution in [0.15, 0.2) is 0 Å². The van der Waals surface area contributed by atoms with Crippen LogP contribution in [0.1, 0.15) is 19.3 Å². The number of unbranched alkanes of at least 4 members (excludes halogenated alkanes) is 1. The summed E-state index contributed by atoms with van der Waals surface area (Å²) in [6, 6.07) is 0. The van der Waals surface area contributed by atoms with Gasteiger partial charge in [-0.2, -0.15) is 0 Å². The second-order valence-corrected chi connectivity index (χ2v) is 7.02. The van der Waals surface area contributed by atoms with Crippen LogP contribution in [0.25, 0.3) is 0 Å². The maximum atomic E-state index is 10.3. The second kappa shape index (κ2) is 17.0. The highest BCUT2D eigenvalue weighted by molar-refractivity contribution is 8.76. The molecule has 0 heterocycles. The lowest BCUT2D eigenvalue weighted by Crippen LogP contribution is -2.20. The van der Waals surface area contributed by atoms with Gasteiger partial charge in [0, 0.05) is 23.8 Å². The lowest BCUT2D eigenvalue weighted by atomic mass is 10.4. The van der Waals surface area contributed by atoms with Crippen LogP contribution in [-0.2, 0) is 11.1 Å². The average molecular weight is 323 g/mol. The molecule has 0 spiro atoms. The Morgan fingerprint density at radius 1 is 1.12 bits per heavy atom. The number of nitrogens with two attached hydrogens (primary N) is 1. The van der Waals surface area contributed by atoms with Gasteiger partial charge in [0.05, 0.1) is 0 Å². The number of rotatable bonds is 12. The maximum Gasteiger partial charge on any atom is 0.152 e. The first-order chi connectivity index (χ1) is 7.77. The summed E-state index contributed by atoms with van der Waals surface area (Å²) in [5.74, 6) is 2.57. The molecular weight excluding hydrogens is 300 g/mol. The number of nitrogens with one attached hydrogen (secondary N) is 1. The summed E-state index contributed by atoms with van der Waals surface area (Å²) >= 11 is -1.62. The SMILES string of the molecule is Cl.NCCCNCCSSCCCCS(=O)O. The minimum atomic E-state index is -1.62. The Hall–Kier alpha value is 1.02. The first-order valence-electron chi connectivity index (χ1n) is 5.50. The molecule has 0 amide bonds. The fourth-order valence-corrected chi connectivity index (χ4v) is 3.52. The molecule has 0 aromatic heterocycles. The van der Waals surface area contributed by atoms with Gasteiger partial charge in [-0.25, -0.2) is 4.21 Å². The third-order valence-electron chi connectivity index (χ3n) is 1.80. The molecule has 0 fully saturated rings. The molecule has 0 bridgehead atoms. The van der Waals surface area contributed by atoms with Crippen molar-refractivity contribution in [1.82, 2.24) is 5.32 Å². The average Bonchev–Trinajstić information content (AvgIpc) is 2.25. The van der Waals surface area contributed by atoms with Crippen LogP contribution in [0.4, 0.5) is 0 Å². The summed E-state index contributed by atoms with van der Waals surface area (Å²) in [7, 11) is 3.69. The van der Waals surface area contributed by atoms with E-state index in [9.17, 15) is 4.21 Å². The molecule has 0 radical (unpaired) electrons. The smallest absolute Gasteiger partial charge is 0.152 e. The van der Waals surface area contributed by atoms with E-state index in [4.69, 9.17) is 10.3 Å². The van der Waals surface area contributed by atoms with E-state index in [1.807, 2.05) is 21.6 Å². The summed E-state index contributed by atoms with van der Waals surface area (Å²) in [5.41, 5.74) is 5.37. The molecule has 1 atom stereocenters. The third-order valence-corrected chi connectivity index (χ3v) is 4.93. The van der Waals surface area contributed by atoms with Crippen LogP contribution in [0.2, 0.25) is 0 Å². The first-order valence-corrected chi connectivity index (χ1v) is 9.26. The van der Waals surface area contributed by atoms with Gasteiger partial charge in [0.25, 0.3) is 0 Å². The van der Waals surface area contributed by atoms with Gasteiger partial charge < -0.3 is 15.6 Å². The molecule has 8 heteroatoms. The van der Waals surface area contributed by atoms with Crippen molar-refractivity contribution in [2.75, 3.05) is 36.9 Å². The fourth-order valence-electron chi connectivity index (χ4n) is 0.970. The zero-order valence-electron chi connectivity index (χ0n) is 9.93. The summed E-state index contributed by atoms with van der Waals surface area (Å²) < 4.78 is 18.9. The summed E-state index contributed by atoms with van der Waals surface area (Å²) in [5, 5.41) is 3.32. The van der Waals surface area contributed by atoms with E-state index >= 15 is 0 Å². The Kier molecular flexibility index (Phi) is 20.4. The van der Waals surface area contributed by atoms with Crippen molar-refractivity contribution < 1.29 is 8.76 Å². The van der Waals surface area contributed by atoms with E-state index in [1.165, 1.54) is 0 Å². The van der Waals surface area contributed by atoms with Gasteiger partial charge in [-0.1, -0.05) is 21.6 Å². The summed E-state index contributed by atoms with van der Waals surface area (Å²) in [6.07, 6.45) is 2.89. The second-order valence-electron chi connectivity index (χ2n) is 3.27. The van der Waals surface area contributed by atoms with E-state index in [0.29, 0.717) is 5.75 Å². The fraction of sp³-hybridized carbons (Fsp3) is 1.00. The van der Waals surface area contributed by atoms with Gasteiger partial charge in [-0.15, -0.1) is 12.4 Å². The van der Waals surface area contributed by atoms with Crippen molar-refractivity contribution in [3.8, 4) is 0 Å². The Balaban J connectivity index is 0. The van der Waals surface area contributed by atoms with E-state index in [-0.39, 0.29) is 12.4 Å². The number of hydrogen-bond donors (Lipinski definition) is 3. The molecule has 4 N–H and O–H groups in total. The molecule has 0 aliphatic heterocycles. The number of halogens is 1. The van der Waals surface area contributed by atoms with Gasteiger partial charge >= 0.3 is 0 Å². The van der Waals surface area contributed by atoms with Crippen molar-refractivity contribution in [3.63, 3.8) is 0 Å². The molecule has 0 aliphatic carbocycles. The lowest BCUT2D eigenvalue weighted by Gasteiger charge is -2.03. The van der Waals surface area contributed by atoms with Crippen LogP contribution in [0, 0.1) is 0 Å². The predicted molar refractivity (Wildman–Crippen MR) is 83.6 cm³/mol. The van der Waals surface area contributed by atoms with Gasteiger partial charge in [0.2, 0.25) is 0 Å². The summed E-state index contributed by atoms with van der Waals surface area (Å²) in [6.45, 7) is 2.78. The topological polar surface area (TPSA) is 75.3 Å². The third kappa shape index (κ3) is 19.5. The molecule has 0 saturated carbocycles. The first kappa shape index (κ1) is 20.3. The minimum absolute atomic E-state index is 0. The minimum Gasteiger partial charge on any atom is -0.330 e. The van der Waals surface area contributed by atoms with Gasteiger partial charge in [0.1, 0.15) is 0 Å². The van der Waals surface area contributed by atoms with Gasteiger partial charge in [-0.05, 0) is 32.4 Å². The molecule has 106 valence electrons. The monoisotopic (exact) mass is 322 g/mol. The van der Waals surface area contributed by atoms with Crippen LogP contribution >= 0.6 is 34.0 Å². The van der Waals surface area contributed by atoms with Crippen molar-refractivity contribution in [1.29, 1.82) is 0 Å². The van der Waals surface area contributed by atoms with Crippen molar-refractivity contribution >= 4 is 45.1 Å². The molecule has 4 nitrogen and oxygen atoms in total. The van der Waals surface area contributed by atoms with Gasteiger partial charge in [0.15, 0.2) is 11.1 Å². The Morgan fingerprint density at radius 3 is 2.47 bits per heavy atom. The number of hydrogen-bond acceptors (Lipinski definition) is 5. The molecule has 0 aromatic rings. The van der Waals surface area contributed by atoms with Crippen molar-refractivity contribution in [2.24, 2.45) is 5.73 Å². The lowest BCUT2D eigenvalue weighted by molar-refractivity contribution is 0.561. The molecule has 17 heavy (non-hydrogen) atoms. The van der Waals surface area contributed by atoms with Crippen LogP contribution in [0.5, 0.6) is 0 Å². The molecule has 0 aliphatic rings. The predicted octanol–water partition coefficient (Wildman–Crippen LogP) is 1.73. The molecule has 0 saturated heterocycles. The van der Waals surface area contributed by atoms with Crippen molar-refractivity contribution in [2.45, 2.75) is 19.3 Å². The standard InChI is InChI=1S/C9H22N2O2S3.ClH/c10-4-3-5-11-6-8-15-14-7-1-2-9-16(12)13;/h11H,1-10H2,(H,12,13);1H. The van der Waals surface area contributed by atoms with Crippen molar-refractivity contribution in [3.05, 3.63) is 0 Å². The highest BCUT2D eigenvalue weighted by atomic mass is 35.5. The Bertz CT molecular complexity index is 178. The zero-order valence-corrected chi connectivity index (χ0v) is 13.2. The van der Waals surface area contributed by atoms with E-state index < -0.39 is 11.1 Å². The van der Waals surface area contributed by atoms with Crippen LogP contribution in [0.3, 0.4) is 0 Å². The maximum absolute atomic E-state index is 10.3. The Labute approximate surface area is 121 Å². The normalized spacial score (nSPS) is 12.1. The van der Waals surface area contributed by atoms with E-state index in [2.05, 4.69) is 5.32 Å². The molecular formula is C9H23ClN2O2S3. The molecule has 0 aromatic carbocycles. The van der Waals surface area contributed by atoms with Crippen LogP contribution < -0.4 is 11.1 Å². The van der Waals surface area contributed by atoms with Crippen LogP contribution in [-0.4, -0.2) is 45.7 Å². The van der Waals surface area contributed by atoms with Gasteiger partial charge in [-0.3, -0.25) is 0 Å². The molecule has 0 rings (SSSR count). The zero-order chi connectivity index (χ0) is 12.1. The largest absolute Gasteiger partial charge is 0.330 e.